The number of nitrogens with zero attached hydrogens (tertiary/aromatic N) is 2. The number of benzene rings is 1. The van der Waals surface area contributed by atoms with Crippen molar-refractivity contribution >= 4 is 27.5 Å². The van der Waals surface area contributed by atoms with Crippen molar-refractivity contribution in [2.75, 3.05) is 0 Å². The van der Waals surface area contributed by atoms with Crippen LogP contribution < -0.4 is 16.6 Å². The van der Waals surface area contributed by atoms with E-state index >= 15 is 0 Å². The molecule has 6 nitrogen and oxygen atoms in total. The van der Waals surface area contributed by atoms with Gasteiger partial charge >= 0.3 is 5.69 Å². The normalized spacial score (nSPS) is 14.6. The van der Waals surface area contributed by atoms with Crippen LogP contribution in [0.25, 0.3) is 10.2 Å². The molecule has 1 aliphatic rings. The maximum absolute atomic E-state index is 13.3. The zero-order valence-corrected chi connectivity index (χ0v) is 17.6. The molecule has 29 heavy (non-hydrogen) atoms. The summed E-state index contributed by atoms with van der Waals surface area (Å²) in [7, 11) is 0. The van der Waals surface area contributed by atoms with Gasteiger partial charge < -0.3 is 5.32 Å². The van der Waals surface area contributed by atoms with Crippen molar-refractivity contribution in [2.24, 2.45) is 0 Å². The van der Waals surface area contributed by atoms with Gasteiger partial charge in [0.15, 0.2) is 0 Å². The molecule has 7 heteroatoms. The van der Waals surface area contributed by atoms with E-state index < -0.39 is 5.69 Å². The van der Waals surface area contributed by atoms with E-state index in [0.29, 0.717) is 10.2 Å². The predicted molar refractivity (Wildman–Crippen MR) is 116 cm³/mol. The second-order valence-electron chi connectivity index (χ2n) is 7.76. The Bertz CT molecular complexity index is 1170. The highest BCUT2D eigenvalue weighted by molar-refractivity contribution is 7.18. The van der Waals surface area contributed by atoms with Gasteiger partial charge in [-0.1, -0.05) is 43.2 Å². The van der Waals surface area contributed by atoms with Crippen LogP contribution >= 0.6 is 11.3 Å². The SMILES string of the molecule is Cc1sc2c(c1C)c(=O)n(Cc1ccccc1)c(=O)n2CC(=O)NC1CCCC1. The van der Waals surface area contributed by atoms with Gasteiger partial charge in [-0.3, -0.25) is 18.7 Å². The summed E-state index contributed by atoms with van der Waals surface area (Å²) in [6.45, 7) is 3.96. The Morgan fingerprint density at radius 1 is 1.10 bits per heavy atom. The summed E-state index contributed by atoms with van der Waals surface area (Å²) >= 11 is 1.40. The fraction of sp³-hybridized carbons (Fsp3) is 0.409. The van der Waals surface area contributed by atoms with E-state index in [1.165, 1.54) is 20.5 Å². The third-order valence-corrected chi connectivity index (χ3v) is 6.97. The van der Waals surface area contributed by atoms with Crippen LogP contribution in [-0.4, -0.2) is 21.1 Å². The van der Waals surface area contributed by atoms with E-state index in [1.807, 2.05) is 44.2 Å². The summed E-state index contributed by atoms with van der Waals surface area (Å²) < 4.78 is 2.72. The Kier molecular flexibility index (Phi) is 5.41. The lowest BCUT2D eigenvalue weighted by molar-refractivity contribution is -0.122. The molecule has 2 aromatic heterocycles. The molecule has 152 valence electrons. The van der Waals surface area contributed by atoms with Crippen molar-refractivity contribution in [3.8, 4) is 0 Å². The lowest BCUT2D eigenvalue weighted by Gasteiger charge is -2.15. The second-order valence-corrected chi connectivity index (χ2v) is 8.96. The predicted octanol–water partition coefficient (Wildman–Crippen LogP) is 2.95. The number of aryl methyl sites for hydroxylation is 2. The number of amides is 1. The van der Waals surface area contributed by atoms with E-state index in [0.717, 1.165) is 41.7 Å². The minimum atomic E-state index is -0.436. The quantitative estimate of drug-likeness (QED) is 0.702. The van der Waals surface area contributed by atoms with Crippen LogP contribution in [0.4, 0.5) is 0 Å². The van der Waals surface area contributed by atoms with Gasteiger partial charge in [0.05, 0.1) is 11.9 Å². The van der Waals surface area contributed by atoms with Gasteiger partial charge in [-0.2, -0.15) is 0 Å². The lowest BCUT2D eigenvalue weighted by atomic mass is 10.2. The number of aromatic nitrogens is 2. The van der Waals surface area contributed by atoms with Crippen molar-refractivity contribution in [3.63, 3.8) is 0 Å². The van der Waals surface area contributed by atoms with Crippen molar-refractivity contribution in [1.29, 1.82) is 0 Å². The number of rotatable bonds is 5. The number of hydrogen-bond donors (Lipinski definition) is 1. The number of carbonyl (C=O) groups excluding carboxylic acids is 1. The molecule has 1 amide bonds. The zero-order valence-electron chi connectivity index (χ0n) is 16.7. The summed E-state index contributed by atoms with van der Waals surface area (Å²) in [5.41, 5.74) is 1.02. The van der Waals surface area contributed by atoms with Crippen molar-refractivity contribution in [2.45, 2.75) is 58.7 Å². The number of fused-ring (bicyclic) bond motifs is 1. The molecule has 1 saturated carbocycles. The Morgan fingerprint density at radius 3 is 2.48 bits per heavy atom. The van der Waals surface area contributed by atoms with Crippen LogP contribution in [0.5, 0.6) is 0 Å². The molecule has 4 rings (SSSR count). The van der Waals surface area contributed by atoms with Crippen molar-refractivity contribution in [1.82, 2.24) is 14.5 Å². The average Bonchev–Trinajstić information content (AvgIpc) is 3.31. The Morgan fingerprint density at radius 2 is 1.79 bits per heavy atom. The maximum atomic E-state index is 13.3. The van der Waals surface area contributed by atoms with Crippen LogP contribution in [0.1, 0.15) is 41.7 Å². The van der Waals surface area contributed by atoms with Crippen molar-refractivity contribution < 1.29 is 4.79 Å². The standard InChI is InChI=1S/C22H25N3O3S/c1-14-15(2)29-21-19(14)20(27)24(12-16-8-4-3-5-9-16)22(28)25(21)13-18(26)23-17-10-6-7-11-17/h3-5,8-9,17H,6-7,10-13H2,1-2H3,(H,23,26). The molecule has 2 heterocycles. The highest BCUT2D eigenvalue weighted by atomic mass is 32.1. The molecule has 1 aliphatic carbocycles. The summed E-state index contributed by atoms with van der Waals surface area (Å²) in [4.78, 5) is 40.6. The molecule has 0 unspecified atom stereocenters. The fourth-order valence-electron chi connectivity index (χ4n) is 4.04. The number of carbonyl (C=O) groups is 1. The van der Waals surface area contributed by atoms with E-state index in [2.05, 4.69) is 5.32 Å². The topological polar surface area (TPSA) is 73.1 Å². The third-order valence-electron chi connectivity index (χ3n) is 5.74. The summed E-state index contributed by atoms with van der Waals surface area (Å²) in [6, 6.07) is 9.63. The molecule has 1 fully saturated rings. The number of nitrogens with one attached hydrogen (secondary N) is 1. The minimum absolute atomic E-state index is 0.0692. The van der Waals surface area contributed by atoms with Crippen LogP contribution in [0.3, 0.4) is 0 Å². The first-order valence-corrected chi connectivity index (χ1v) is 10.8. The van der Waals surface area contributed by atoms with Gasteiger partial charge in [0.1, 0.15) is 11.4 Å². The van der Waals surface area contributed by atoms with Crippen LogP contribution in [0, 0.1) is 13.8 Å². The molecule has 0 bridgehead atoms. The molecule has 1 aromatic carbocycles. The van der Waals surface area contributed by atoms with Gasteiger partial charge in [0, 0.05) is 10.9 Å². The lowest BCUT2D eigenvalue weighted by Crippen LogP contribution is -2.43. The highest BCUT2D eigenvalue weighted by Crippen LogP contribution is 2.27. The Balaban J connectivity index is 1.79. The monoisotopic (exact) mass is 411 g/mol. The maximum Gasteiger partial charge on any atom is 0.332 e. The van der Waals surface area contributed by atoms with Crippen LogP contribution in [0.2, 0.25) is 0 Å². The summed E-state index contributed by atoms with van der Waals surface area (Å²) in [5.74, 6) is -0.172. The van der Waals surface area contributed by atoms with Gasteiger partial charge in [-0.05, 0) is 37.8 Å². The first-order chi connectivity index (χ1) is 14.0. The molecule has 0 saturated heterocycles. The molecule has 3 aromatic rings. The fourth-order valence-corrected chi connectivity index (χ4v) is 5.18. The highest BCUT2D eigenvalue weighted by Gasteiger charge is 2.22. The van der Waals surface area contributed by atoms with E-state index in [4.69, 9.17) is 0 Å². The molecular formula is C22H25N3O3S. The summed E-state index contributed by atoms with van der Waals surface area (Å²) in [6.07, 6.45) is 4.22. The number of thiophene rings is 1. The Labute approximate surface area is 172 Å². The van der Waals surface area contributed by atoms with Gasteiger partial charge in [-0.25, -0.2) is 4.79 Å². The smallest absolute Gasteiger partial charge is 0.332 e. The minimum Gasteiger partial charge on any atom is -0.352 e. The Hall–Kier alpha value is -2.67. The van der Waals surface area contributed by atoms with Crippen molar-refractivity contribution in [3.05, 3.63) is 67.2 Å². The van der Waals surface area contributed by atoms with E-state index in [9.17, 15) is 14.4 Å². The zero-order chi connectivity index (χ0) is 20.5. The third kappa shape index (κ3) is 3.79. The van der Waals surface area contributed by atoms with E-state index in [1.54, 1.807) is 0 Å². The van der Waals surface area contributed by atoms with Crippen LogP contribution in [0.15, 0.2) is 39.9 Å². The largest absolute Gasteiger partial charge is 0.352 e. The van der Waals surface area contributed by atoms with Crippen LogP contribution in [-0.2, 0) is 17.9 Å². The molecule has 0 radical (unpaired) electrons. The van der Waals surface area contributed by atoms with Gasteiger partial charge in [0.25, 0.3) is 5.56 Å². The molecule has 0 spiro atoms. The van der Waals surface area contributed by atoms with E-state index in [-0.39, 0.29) is 30.6 Å². The number of hydrogen-bond acceptors (Lipinski definition) is 4. The van der Waals surface area contributed by atoms with Gasteiger partial charge in [-0.15, -0.1) is 11.3 Å². The second kappa shape index (κ2) is 7.99. The summed E-state index contributed by atoms with van der Waals surface area (Å²) in [5, 5.41) is 3.58. The molecular weight excluding hydrogens is 386 g/mol. The first kappa shape index (κ1) is 19.6. The molecule has 1 N–H and O–H groups in total. The molecule has 0 atom stereocenters. The molecule has 0 aliphatic heterocycles. The van der Waals surface area contributed by atoms with Gasteiger partial charge in [0.2, 0.25) is 5.91 Å². The average molecular weight is 412 g/mol. The first-order valence-electron chi connectivity index (χ1n) is 10.0.